The van der Waals surface area contributed by atoms with E-state index in [1.54, 1.807) is 13.0 Å². The zero-order valence-corrected chi connectivity index (χ0v) is 11.9. The predicted octanol–water partition coefficient (Wildman–Crippen LogP) is 1.66. The van der Waals surface area contributed by atoms with Gasteiger partial charge in [-0.1, -0.05) is 12.1 Å². The van der Waals surface area contributed by atoms with E-state index in [9.17, 15) is 13.2 Å². The van der Waals surface area contributed by atoms with Crippen molar-refractivity contribution >= 4 is 15.8 Å². The number of carbonyl (C=O) groups is 1. The third-order valence-electron chi connectivity index (χ3n) is 2.66. The molecule has 0 unspecified atom stereocenters. The van der Waals surface area contributed by atoms with Gasteiger partial charge in [0.25, 0.3) is 0 Å². The summed E-state index contributed by atoms with van der Waals surface area (Å²) in [6, 6.07) is 5.88. The van der Waals surface area contributed by atoms with Crippen LogP contribution in [0, 0.1) is 6.92 Å². The lowest BCUT2D eigenvalue weighted by Crippen LogP contribution is -2.23. The summed E-state index contributed by atoms with van der Waals surface area (Å²) in [5, 5.41) is 0. The van der Waals surface area contributed by atoms with E-state index >= 15 is 0 Å². The van der Waals surface area contributed by atoms with Crippen molar-refractivity contribution in [2.24, 2.45) is 0 Å². The minimum Gasteiger partial charge on any atom is -0.449 e. The summed E-state index contributed by atoms with van der Waals surface area (Å²) in [7, 11) is -3.69. The topological polar surface area (TPSA) is 89.3 Å². The molecule has 0 aliphatic heterocycles. The highest BCUT2D eigenvalue weighted by atomic mass is 32.2. The van der Waals surface area contributed by atoms with Crippen LogP contribution < -0.4 is 4.72 Å². The van der Waals surface area contributed by atoms with Crippen LogP contribution in [0.2, 0.25) is 0 Å². The van der Waals surface area contributed by atoms with Crippen molar-refractivity contribution in [1.82, 2.24) is 9.71 Å². The molecule has 2 rings (SSSR count). The zero-order valence-electron chi connectivity index (χ0n) is 11.1. The Morgan fingerprint density at radius 3 is 2.75 bits per heavy atom. The molecule has 0 fully saturated rings. The summed E-state index contributed by atoms with van der Waals surface area (Å²) in [5.41, 5.74) is 0.846. The quantitative estimate of drug-likeness (QED) is 0.847. The Hall–Kier alpha value is -1.99. The Labute approximate surface area is 116 Å². The van der Waals surface area contributed by atoms with Crippen LogP contribution in [0.1, 0.15) is 28.9 Å². The van der Waals surface area contributed by atoms with Crippen molar-refractivity contribution < 1.29 is 17.6 Å². The van der Waals surface area contributed by atoms with Gasteiger partial charge in [-0.3, -0.25) is 4.79 Å². The van der Waals surface area contributed by atoms with Crippen molar-refractivity contribution in [3.8, 4) is 0 Å². The van der Waals surface area contributed by atoms with E-state index in [0.29, 0.717) is 17.1 Å². The SMILES string of the molecule is CC(=O)c1cccc(S(=O)(=O)NCc2coc(C)n2)c1. The first-order chi connectivity index (χ1) is 9.38. The lowest BCUT2D eigenvalue weighted by atomic mass is 10.2. The van der Waals surface area contributed by atoms with E-state index in [4.69, 9.17) is 4.42 Å². The van der Waals surface area contributed by atoms with Crippen LogP contribution in [0.4, 0.5) is 0 Å². The molecule has 20 heavy (non-hydrogen) atoms. The fourth-order valence-corrected chi connectivity index (χ4v) is 2.67. The van der Waals surface area contributed by atoms with E-state index in [-0.39, 0.29) is 17.2 Å². The van der Waals surface area contributed by atoms with E-state index in [0.717, 1.165) is 0 Å². The highest BCUT2D eigenvalue weighted by molar-refractivity contribution is 7.89. The second kappa shape index (κ2) is 5.56. The standard InChI is InChI=1S/C13H14N2O4S/c1-9(16)11-4-3-5-13(6-11)20(17,18)14-7-12-8-19-10(2)15-12/h3-6,8,14H,7H2,1-2H3. The summed E-state index contributed by atoms with van der Waals surface area (Å²) in [5.74, 6) is 0.284. The summed E-state index contributed by atoms with van der Waals surface area (Å²) in [4.78, 5) is 15.3. The summed E-state index contributed by atoms with van der Waals surface area (Å²) in [6.45, 7) is 3.09. The third-order valence-corrected chi connectivity index (χ3v) is 4.06. The lowest BCUT2D eigenvalue weighted by Gasteiger charge is -2.06. The Morgan fingerprint density at radius 1 is 1.40 bits per heavy atom. The van der Waals surface area contributed by atoms with Crippen LogP contribution in [-0.2, 0) is 16.6 Å². The molecular weight excluding hydrogens is 280 g/mol. The van der Waals surface area contributed by atoms with Gasteiger partial charge in [0.15, 0.2) is 11.7 Å². The number of nitrogens with zero attached hydrogens (tertiary/aromatic N) is 1. The van der Waals surface area contributed by atoms with Crippen LogP contribution in [0.15, 0.2) is 39.8 Å². The highest BCUT2D eigenvalue weighted by Crippen LogP contribution is 2.12. The van der Waals surface area contributed by atoms with Gasteiger partial charge in [0, 0.05) is 12.5 Å². The van der Waals surface area contributed by atoms with Gasteiger partial charge in [-0.25, -0.2) is 18.1 Å². The number of nitrogens with one attached hydrogen (secondary N) is 1. The summed E-state index contributed by atoms with van der Waals surface area (Å²) >= 11 is 0. The smallest absolute Gasteiger partial charge is 0.240 e. The molecule has 0 saturated heterocycles. The lowest BCUT2D eigenvalue weighted by molar-refractivity contribution is 0.101. The van der Waals surface area contributed by atoms with Gasteiger partial charge in [0.05, 0.1) is 17.1 Å². The van der Waals surface area contributed by atoms with E-state index in [1.807, 2.05) is 0 Å². The van der Waals surface area contributed by atoms with E-state index in [2.05, 4.69) is 9.71 Å². The largest absolute Gasteiger partial charge is 0.449 e. The van der Waals surface area contributed by atoms with Gasteiger partial charge < -0.3 is 4.42 Å². The molecule has 1 N–H and O–H groups in total. The molecule has 7 heteroatoms. The van der Waals surface area contributed by atoms with Crippen LogP contribution in [-0.4, -0.2) is 19.2 Å². The van der Waals surface area contributed by atoms with Crippen LogP contribution in [0.3, 0.4) is 0 Å². The first-order valence-corrected chi connectivity index (χ1v) is 7.38. The highest BCUT2D eigenvalue weighted by Gasteiger charge is 2.15. The van der Waals surface area contributed by atoms with Gasteiger partial charge in [-0.15, -0.1) is 0 Å². The number of ketones is 1. The molecule has 0 aliphatic carbocycles. The van der Waals surface area contributed by atoms with Gasteiger partial charge in [-0.2, -0.15) is 0 Å². The molecule has 2 aromatic rings. The number of hydrogen-bond acceptors (Lipinski definition) is 5. The molecule has 106 valence electrons. The summed E-state index contributed by atoms with van der Waals surface area (Å²) < 4.78 is 31.6. The number of oxazole rings is 1. The molecule has 0 bridgehead atoms. The van der Waals surface area contributed by atoms with Gasteiger partial charge in [0.1, 0.15) is 6.26 Å². The molecule has 1 aromatic heterocycles. The second-order valence-electron chi connectivity index (χ2n) is 4.27. The molecule has 0 radical (unpaired) electrons. The molecule has 0 aliphatic rings. The van der Waals surface area contributed by atoms with Crippen LogP contribution in [0.25, 0.3) is 0 Å². The van der Waals surface area contributed by atoms with Crippen molar-refractivity contribution in [1.29, 1.82) is 0 Å². The minimum absolute atomic E-state index is 0.0317. The van der Waals surface area contributed by atoms with E-state index in [1.165, 1.54) is 31.4 Å². The number of rotatable bonds is 5. The Morgan fingerprint density at radius 2 is 2.15 bits per heavy atom. The molecule has 1 aromatic carbocycles. The molecule has 1 heterocycles. The first-order valence-electron chi connectivity index (χ1n) is 5.90. The first kappa shape index (κ1) is 14.4. The number of carbonyl (C=O) groups excluding carboxylic acids is 1. The van der Waals surface area contributed by atoms with Crippen molar-refractivity contribution in [3.63, 3.8) is 0 Å². The Kier molecular flexibility index (Phi) is 4.01. The Bertz CT molecular complexity index is 734. The monoisotopic (exact) mass is 294 g/mol. The number of hydrogen-bond donors (Lipinski definition) is 1. The average molecular weight is 294 g/mol. The molecule has 0 atom stereocenters. The number of Topliss-reactive ketones (excluding diaryl/α,β-unsaturated/α-hetero) is 1. The van der Waals surface area contributed by atoms with Crippen molar-refractivity contribution in [3.05, 3.63) is 47.7 Å². The summed E-state index contributed by atoms with van der Waals surface area (Å²) in [6.07, 6.45) is 1.39. The third kappa shape index (κ3) is 3.31. The molecule has 0 amide bonds. The number of aryl methyl sites for hydroxylation is 1. The van der Waals surface area contributed by atoms with Crippen LogP contribution >= 0.6 is 0 Å². The fraction of sp³-hybridized carbons (Fsp3) is 0.231. The van der Waals surface area contributed by atoms with Gasteiger partial charge in [0.2, 0.25) is 10.0 Å². The normalized spacial score (nSPS) is 11.5. The molecule has 6 nitrogen and oxygen atoms in total. The minimum atomic E-state index is -3.69. The number of benzene rings is 1. The molecule has 0 spiro atoms. The molecular formula is C13H14N2O4S. The number of aromatic nitrogens is 1. The van der Waals surface area contributed by atoms with Crippen LogP contribution in [0.5, 0.6) is 0 Å². The van der Waals surface area contributed by atoms with Crippen molar-refractivity contribution in [2.45, 2.75) is 25.3 Å². The maximum atomic E-state index is 12.1. The maximum Gasteiger partial charge on any atom is 0.240 e. The van der Waals surface area contributed by atoms with Gasteiger partial charge >= 0.3 is 0 Å². The second-order valence-corrected chi connectivity index (χ2v) is 6.03. The molecule has 0 saturated carbocycles. The maximum absolute atomic E-state index is 12.1. The Balaban J connectivity index is 2.17. The predicted molar refractivity (Wildman–Crippen MR) is 71.7 cm³/mol. The van der Waals surface area contributed by atoms with Crippen molar-refractivity contribution in [2.75, 3.05) is 0 Å². The average Bonchev–Trinajstić information content (AvgIpc) is 2.82. The van der Waals surface area contributed by atoms with E-state index < -0.39 is 10.0 Å². The van der Waals surface area contributed by atoms with Gasteiger partial charge in [-0.05, 0) is 19.1 Å². The zero-order chi connectivity index (χ0) is 14.8. The number of sulfonamides is 1. The fourth-order valence-electron chi connectivity index (χ4n) is 1.62.